The number of aliphatic hydroxyl groups excluding tert-OH is 1. The summed E-state index contributed by atoms with van der Waals surface area (Å²) in [7, 11) is -3.80. The van der Waals surface area contributed by atoms with Gasteiger partial charge in [-0.3, -0.25) is 4.72 Å². The molecule has 0 amide bonds. The summed E-state index contributed by atoms with van der Waals surface area (Å²) in [6.07, 6.45) is 0. The first kappa shape index (κ1) is 18.4. The lowest BCUT2D eigenvalue weighted by Crippen LogP contribution is -2.13. The van der Waals surface area contributed by atoms with Crippen molar-refractivity contribution in [3.63, 3.8) is 0 Å². The van der Waals surface area contributed by atoms with E-state index >= 15 is 0 Å². The molecule has 3 rings (SSSR count). The van der Waals surface area contributed by atoms with Gasteiger partial charge >= 0.3 is 0 Å². The summed E-state index contributed by atoms with van der Waals surface area (Å²) in [6, 6.07) is 16.7. The number of sulfonamides is 1. The van der Waals surface area contributed by atoms with Crippen molar-refractivity contribution in [2.24, 2.45) is 0 Å². The van der Waals surface area contributed by atoms with Gasteiger partial charge in [0, 0.05) is 16.3 Å². The SMILES string of the molecule is O=S(=O)(Nc1cccc(CO)c1)c1ccc(-c2ccc(Cl)cc2F)cc1. The van der Waals surface area contributed by atoms with E-state index in [1.165, 1.54) is 30.3 Å². The van der Waals surface area contributed by atoms with E-state index in [2.05, 4.69) is 4.72 Å². The summed E-state index contributed by atoms with van der Waals surface area (Å²) in [5.74, 6) is -0.480. The highest BCUT2D eigenvalue weighted by atomic mass is 35.5. The Morgan fingerprint density at radius 1 is 1.00 bits per heavy atom. The zero-order chi connectivity index (χ0) is 18.7. The van der Waals surface area contributed by atoms with Crippen molar-refractivity contribution < 1.29 is 17.9 Å². The van der Waals surface area contributed by atoms with Gasteiger partial charge in [-0.25, -0.2) is 12.8 Å². The molecule has 0 aliphatic heterocycles. The Morgan fingerprint density at radius 3 is 2.38 bits per heavy atom. The largest absolute Gasteiger partial charge is 0.392 e. The fraction of sp³-hybridized carbons (Fsp3) is 0.0526. The smallest absolute Gasteiger partial charge is 0.261 e. The van der Waals surface area contributed by atoms with Gasteiger partial charge < -0.3 is 5.11 Å². The molecule has 0 saturated carbocycles. The van der Waals surface area contributed by atoms with Crippen LogP contribution < -0.4 is 4.72 Å². The summed E-state index contributed by atoms with van der Waals surface area (Å²) in [5, 5.41) is 9.43. The predicted octanol–water partition coefficient (Wildman–Crippen LogP) is 4.44. The van der Waals surface area contributed by atoms with Crippen LogP contribution in [0.25, 0.3) is 11.1 Å². The van der Waals surface area contributed by atoms with Gasteiger partial charge in [-0.1, -0.05) is 35.9 Å². The second-order valence-electron chi connectivity index (χ2n) is 5.61. The van der Waals surface area contributed by atoms with Crippen LogP contribution in [0.1, 0.15) is 5.56 Å². The molecule has 7 heteroatoms. The number of benzene rings is 3. The van der Waals surface area contributed by atoms with Crippen molar-refractivity contribution in [3.8, 4) is 11.1 Å². The first-order chi connectivity index (χ1) is 12.4. The topological polar surface area (TPSA) is 66.4 Å². The van der Waals surface area contributed by atoms with Gasteiger partial charge in [-0.15, -0.1) is 0 Å². The van der Waals surface area contributed by atoms with E-state index in [4.69, 9.17) is 16.7 Å². The van der Waals surface area contributed by atoms with Crippen LogP contribution in [0.4, 0.5) is 10.1 Å². The molecule has 0 aliphatic rings. The van der Waals surface area contributed by atoms with Crippen molar-refractivity contribution >= 4 is 27.3 Å². The lowest BCUT2D eigenvalue weighted by atomic mass is 10.1. The molecule has 0 aromatic heterocycles. The summed E-state index contributed by atoms with van der Waals surface area (Å²) in [5.41, 5.74) is 1.82. The highest BCUT2D eigenvalue weighted by Crippen LogP contribution is 2.27. The van der Waals surface area contributed by atoms with Gasteiger partial charge in [0.1, 0.15) is 5.82 Å². The number of hydrogen-bond donors (Lipinski definition) is 2. The van der Waals surface area contributed by atoms with Crippen LogP contribution in [0.5, 0.6) is 0 Å². The van der Waals surface area contributed by atoms with Crippen LogP contribution >= 0.6 is 11.6 Å². The molecular formula is C19H15ClFNO3S. The third-order valence-corrected chi connectivity index (χ3v) is 5.40. The number of aliphatic hydroxyl groups is 1. The summed E-state index contributed by atoms with van der Waals surface area (Å²) in [6.45, 7) is -0.184. The summed E-state index contributed by atoms with van der Waals surface area (Å²) < 4.78 is 41.4. The lowest BCUT2D eigenvalue weighted by molar-refractivity contribution is 0.282. The van der Waals surface area contributed by atoms with Crippen LogP contribution in [-0.2, 0) is 16.6 Å². The van der Waals surface area contributed by atoms with Gasteiger partial charge in [0.15, 0.2) is 0 Å². The van der Waals surface area contributed by atoms with Crippen molar-refractivity contribution in [1.82, 2.24) is 0 Å². The average Bonchev–Trinajstić information content (AvgIpc) is 2.62. The van der Waals surface area contributed by atoms with Gasteiger partial charge in [-0.2, -0.15) is 0 Å². The van der Waals surface area contributed by atoms with Crippen molar-refractivity contribution in [2.45, 2.75) is 11.5 Å². The summed E-state index contributed by atoms with van der Waals surface area (Å²) >= 11 is 5.74. The standard InChI is InChI=1S/C19H15ClFNO3S/c20-15-6-9-18(19(21)11-15)14-4-7-17(8-5-14)26(24,25)22-16-3-1-2-13(10-16)12-23/h1-11,22-23H,12H2. The molecule has 0 radical (unpaired) electrons. The third-order valence-electron chi connectivity index (χ3n) is 3.77. The maximum Gasteiger partial charge on any atom is 0.261 e. The molecule has 134 valence electrons. The maximum absolute atomic E-state index is 14.0. The normalized spacial score (nSPS) is 11.3. The van der Waals surface area contributed by atoms with E-state index in [9.17, 15) is 12.8 Å². The number of halogens is 2. The van der Waals surface area contributed by atoms with E-state index in [1.807, 2.05) is 0 Å². The number of hydrogen-bond acceptors (Lipinski definition) is 3. The molecule has 0 spiro atoms. The molecule has 2 N–H and O–H groups in total. The zero-order valence-electron chi connectivity index (χ0n) is 13.5. The van der Waals surface area contributed by atoms with Crippen LogP contribution in [-0.4, -0.2) is 13.5 Å². The molecule has 0 heterocycles. The number of anilines is 1. The van der Waals surface area contributed by atoms with Gasteiger partial charge in [0.05, 0.1) is 11.5 Å². The third kappa shape index (κ3) is 4.04. The fourth-order valence-corrected chi connectivity index (χ4v) is 3.69. The maximum atomic E-state index is 14.0. The van der Waals surface area contributed by atoms with E-state index in [0.717, 1.165) is 0 Å². The molecule has 0 bridgehead atoms. The number of nitrogens with one attached hydrogen (secondary N) is 1. The fourth-order valence-electron chi connectivity index (χ4n) is 2.48. The monoisotopic (exact) mass is 391 g/mol. The predicted molar refractivity (Wildman–Crippen MR) is 100 cm³/mol. The van der Waals surface area contributed by atoms with Crippen LogP contribution in [0.15, 0.2) is 71.6 Å². The molecule has 0 atom stereocenters. The van der Waals surface area contributed by atoms with Crippen LogP contribution in [0.2, 0.25) is 5.02 Å². The van der Waals surface area contributed by atoms with Crippen molar-refractivity contribution in [2.75, 3.05) is 4.72 Å². The summed E-state index contributed by atoms with van der Waals surface area (Å²) in [4.78, 5) is 0.0463. The second kappa shape index (κ2) is 7.45. The van der Waals surface area contributed by atoms with Gasteiger partial charge in [0.2, 0.25) is 0 Å². The van der Waals surface area contributed by atoms with E-state index in [1.54, 1.807) is 36.4 Å². The minimum absolute atomic E-state index is 0.0463. The van der Waals surface area contributed by atoms with Gasteiger partial charge in [-0.05, 0) is 53.6 Å². The van der Waals surface area contributed by atoms with Gasteiger partial charge in [0.25, 0.3) is 10.0 Å². The Balaban J connectivity index is 1.87. The Bertz CT molecular complexity index is 1040. The molecule has 0 aliphatic carbocycles. The molecule has 4 nitrogen and oxygen atoms in total. The molecule has 0 unspecified atom stereocenters. The minimum Gasteiger partial charge on any atom is -0.392 e. The van der Waals surface area contributed by atoms with E-state index in [0.29, 0.717) is 27.4 Å². The van der Waals surface area contributed by atoms with E-state index < -0.39 is 15.8 Å². The molecule has 0 fully saturated rings. The highest BCUT2D eigenvalue weighted by molar-refractivity contribution is 7.92. The van der Waals surface area contributed by atoms with Crippen molar-refractivity contribution in [3.05, 3.63) is 83.1 Å². The van der Waals surface area contributed by atoms with Crippen LogP contribution in [0.3, 0.4) is 0 Å². The molecular weight excluding hydrogens is 377 g/mol. The van der Waals surface area contributed by atoms with Crippen molar-refractivity contribution in [1.29, 1.82) is 0 Å². The quantitative estimate of drug-likeness (QED) is 0.675. The first-order valence-electron chi connectivity index (χ1n) is 7.67. The molecule has 3 aromatic carbocycles. The van der Waals surface area contributed by atoms with Crippen LogP contribution in [0, 0.1) is 5.82 Å². The Hall–Kier alpha value is -2.41. The first-order valence-corrected chi connectivity index (χ1v) is 9.53. The number of rotatable bonds is 5. The average molecular weight is 392 g/mol. The Morgan fingerprint density at radius 2 is 1.73 bits per heavy atom. The lowest BCUT2D eigenvalue weighted by Gasteiger charge is -2.10. The second-order valence-corrected chi connectivity index (χ2v) is 7.73. The highest BCUT2D eigenvalue weighted by Gasteiger charge is 2.15. The minimum atomic E-state index is -3.80. The zero-order valence-corrected chi connectivity index (χ0v) is 15.1. The Kier molecular flexibility index (Phi) is 5.27. The molecule has 26 heavy (non-hydrogen) atoms. The molecule has 3 aromatic rings. The molecule has 0 saturated heterocycles. The Labute approximate surface area is 155 Å². The van der Waals surface area contributed by atoms with E-state index in [-0.39, 0.29) is 11.5 Å².